The minimum Gasteiger partial charge on any atom is -0.494 e. The van der Waals surface area contributed by atoms with Gasteiger partial charge in [0.15, 0.2) is 23.1 Å². The maximum atomic E-state index is 12.5. The van der Waals surface area contributed by atoms with Gasteiger partial charge in [0.05, 0.1) is 38.7 Å². The predicted octanol–water partition coefficient (Wildman–Crippen LogP) is 3.21. The van der Waals surface area contributed by atoms with Crippen molar-refractivity contribution in [1.82, 2.24) is 25.5 Å². The smallest absolute Gasteiger partial charge is 0.273 e. The number of hydrogen-bond donors (Lipinski definition) is 4. The van der Waals surface area contributed by atoms with E-state index in [1.54, 1.807) is 18.2 Å². The number of rotatable bonds is 10. The van der Waals surface area contributed by atoms with Crippen LogP contribution in [-0.2, 0) is 14.5 Å². The Labute approximate surface area is 214 Å². The third-order valence-electron chi connectivity index (χ3n) is 5.67. The van der Waals surface area contributed by atoms with Gasteiger partial charge in [0.2, 0.25) is 5.91 Å². The lowest BCUT2D eigenvalue weighted by Gasteiger charge is -2.16. The van der Waals surface area contributed by atoms with E-state index in [4.69, 9.17) is 9.52 Å². The van der Waals surface area contributed by atoms with Crippen LogP contribution in [0.2, 0.25) is 0 Å². The van der Waals surface area contributed by atoms with E-state index in [1.165, 1.54) is 32.6 Å². The SMILES string of the molecule is CCCS(=N)(=O)c1cnc(-c2cccc(Nc3cc(NC(=O)C4CC4)nnc3C(=O)NC)c2OC)nc1. The van der Waals surface area contributed by atoms with Gasteiger partial charge in [-0.3, -0.25) is 9.59 Å². The molecule has 2 aromatic heterocycles. The van der Waals surface area contributed by atoms with Crippen LogP contribution < -0.4 is 20.7 Å². The molecule has 1 aliphatic carbocycles. The van der Waals surface area contributed by atoms with Gasteiger partial charge in [0, 0.05) is 37.2 Å². The second-order valence-electron chi connectivity index (χ2n) is 8.47. The fraction of sp³-hybridized carbons (Fsp3) is 0.333. The van der Waals surface area contributed by atoms with Crippen LogP contribution in [0, 0.1) is 10.7 Å². The Kier molecular flexibility index (Phi) is 7.62. The number of amides is 2. The lowest BCUT2D eigenvalue weighted by molar-refractivity contribution is -0.117. The quantitative estimate of drug-likeness (QED) is 0.311. The van der Waals surface area contributed by atoms with Gasteiger partial charge in [-0.15, -0.1) is 10.2 Å². The van der Waals surface area contributed by atoms with Crippen molar-refractivity contribution >= 4 is 38.7 Å². The first kappa shape index (κ1) is 25.9. The average molecular weight is 525 g/mol. The molecular weight excluding hydrogens is 496 g/mol. The van der Waals surface area contributed by atoms with Crippen LogP contribution >= 0.6 is 0 Å². The highest BCUT2D eigenvalue weighted by atomic mass is 32.2. The fourth-order valence-corrected chi connectivity index (χ4v) is 4.87. The molecular formula is C24H28N8O4S. The molecule has 1 saturated carbocycles. The van der Waals surface area contributed by atoms with E-state index in [-0.39, 0.29) is 34.0 Å². The molecule has 0 spiro atoms. The minimum atomic E-state index is -2.95. The lowest BCUT2D eigenvalue weighted by atomic mass is 10.1. The largest absolute Gasteiger partial charge is 0.494 e. The van der Waals surface area contributed by atoms with Crippen LogP contribution in [0.1, 0.15) is 36.7 Å². The number of methoxy groups -OCH3 is 1. The van der Waals surface area contributed by atoms with Gasteiger partial charge in [0.25, 0.3) is 5.91 Å². The Morgan fingerprint density at radius 2 is 1.89 bits per heavy atom. The van der Waals surface area contributed by atoms with E-state index in [9.17, 15) is 13.8 Å². The standard InChI is InChI=1S/C24H28N8O4S/c1-4-10-37(25,35)15-12-27-22(28-13-15)16-6-5-7-17(21(16)36-3)29-18-11-19(30-23(33)14-8-9-14)31-32-20(18)24(34)26-2/h5-7,11-14,25H,4,8-10H2,1-3H3,(H,26,34)(H2,29,30,31,33). The summed E-state index contributed by atoms with van der Waals surface area (Å²) in [5.74, 6) is 0.526. The number of carbonyl (C=O) groups excluding carboxylic acids is 2. The molecule has 1 unspecified atom stereocenters. The zero-order valence-corrected chi connectivity index (χ0v) is 21.5. The molecule has 12 nitrogen and oxygen atoms in total. The molecule has 3 aromatic rings. The van der Waals surface area contributed by atoms with Crippen LogP contribution in [-0.4, -0.2) is 56.1 Å². The van der Waals surface area contributed by atoms with Crippen molar-refractivity contribution in [2.45, 2.75) is 31.1 Å². The van der Waals surface area contributed by atoms with E-state index in [2.05, 4.69) is 36.1 Å². The molecule has 0 bridgehead atoms. The van der Waals surface area contributed by atoms with Crippen LogP contribution in [0.25, 0.3) is 11.4 Å². The van der Waals surface area contributed by atoms with Crippen molar-refractivity contribution in [1.29, 1.82) is 4.78 Å². The number of ether oxygens (including phenoxy) is 1. The molecule has 0 radical (unpaired) electrons. The number of benzene rings is 1. The normalized spacial score (nSPS) is 14.4. The van der Waals surface area contributed by atoms with Crippen molar-refractivity contribution in [3.05, 3.63) is 42.4 Å². The summed E-state index contributed by atoms with van der Waals surface area (Å²) < 4.78 is 26.3. The zero-order valence-electron chi connectivity index (χ0n) is 20.7. The Balaban J connectivity index is 1.69. The summed E-state index contributed by atoms with van der Waals surface area (Å²) in [6.45, 7) is 1.87. The van der Waals surface area contributed by atoms with Gasteiger partial charge in [-0.2, -0.15) is 0 Å². The second-order valence-corrected chi connectivity index (χ2v) is 10.7. The summed E-state index contributed by atoms with van der Waals surface area (Å²) in [6.07, 6.45) is 5.09. The predicted molar refractivity (Wildman–Crippen MR) is 138 cm³/mol. The van der Waals surface area contributed by atoms with E-state index < -0.39 is 15.6 Å². The number of aromatic nitrogens is 4. The summed E-state index contributed by atoms with van der Waals surface area (Å²) >= 11 is 0. The molecule has 37 heavy (non-hydrogen) atoms. The van der Waals surface area contributed by atoms with Crippen LogP contribution in [0.3, 0.4) is 0 Å². The van der Waals surface area contributed by atoms with Crippen molar-refractivity contribution in [2.75, 3.05) is 30.5 Å². The van der Waals surface area contributed by atoms with Crippen molar-refractivity contribution in [3.63, 3.8) is 0 Å². The fourth-order valence-electron chi connectivity index (χ4n) is 3.62. The highest BCUT2D eigenvalue weighted by Gasteiger charge is 2.30. The van der Waals surface area contributed by atoms with E-state index in [0.717, 1.165) is 12.8 Å². The number of carbonyl (C=O) groups is 2. The van der Waals surface area contributed by atoms with Gasteiger partial charge < -0.3 is 20.7 Å². The summed E-state index contributed by atoms with van der Waals surface area (Å²) in [5.41, 5.74) is 1.36. The molecule has 4 N–H and O–H groups in total. The average Bonchev–Trinajstić information content (AvgIpc) is 3.74. The topological polar surface area (TPSA) is 172 Å². The summed E-state index contributed by atoms with van der Waals surface area (Å²) in [7, 11) is 0.0157. The third kappa shape index (κ3) is 5.82. The maximum absolute atomic E-state index is 12.5. The number of para-hydroxylation sites is 1. The summed E-state index contributed by atoms with van der Waals surface area (Å²) in [5, 5.41) is 16.4. The number of nitrogens with one attached hydrogen (secondary N) is 4. The molecule has 194 valence electrons. The molecule has 1 aromatic carbocycles. The molecule has 0 aliphatic heterocycles. The first-order chi connectivity index (χ1) is 17.8. The Morgan fingerprint density at radius 3 is 2.51 bits per heavy atom. The van der Waals surface area contributed by atoms with Crippen LogP contribution in [0.4, 0.5) is 17.2 Å². The van der Waals surface area contributed by atoms with Gasteiger partial charge in [-0.05, 0) is 31.4 Å². The molecule has 2 heterocycles. The molecule has 0 saturated heterocycles. The molecule has 1 fully saturated rings. The van der Waals surface area contributed by atoms with Crippen molar-refractivity contribution in [3.8, 4) is 17.1 Å². The Morgan fingerprint density at radius 1 is 1.16 bits per heavy atom. The first-order valence-corrected chi connectivity index (χ1v) is 13.4. The summed E-state index contributed by atoms with van der Waals surface area (Å²) in [4.78, 5) is 33.6. The van der Waals surface area contributed by atoms with Crippen molar-refractivity contribution < 1.29 is 18.5 Å². The van der Waals surface area contributed by atoms with E-state index in [1.807, 2.05) is 6.92 Å². The minimum absolute atomic E-state index is 0.0228. The maximum Gasteiger partial charge on any atom is 0.273 e. The second kappa shape index (κ2) is 10.9. The van der Waals surface area contributed by atoms with E-state index in [0.29, 0.717) is 34.9 Å². The van der Waals surface area contributed by atoms with Gasteiger partial charge in [0.1, 0.15) is 0 Å². The third-order valence-corrected chi connectivity index (χ3v) is 7.62. The molecule has 4 rings (SSSR count). The number of hydrogen-bond acceptors (Lipinski definition) is 10. The highest BCUT2D eigenvalue weighted by molar-refractivity contribution is 7.92. The molecule has 1 atom stereocenters. The van der Waals surface area contributed by atoms with Gasteiger partial charge in [-0.1, -0.05) is 13.0 Å². The van der Waals surface area contributed by atoms with Gasteiger partial charge >= 0.3 is 0 Å². The zero-order chi connectivity index (χ0) is 26.6. The van der Waals surface area contributed by atoms with Crippen molar-refractivity contribution in [2.24, 2.45) is 5.92 Å². The van der Waals surface area contributed by atoms with Crippen LogP contribution in [0.15, 0.2) is 41.6 Å². The first-order valence-electron chi connectivity index (χ1n) is 11.7. The molecule has 13 heteroatoms. The highest BCUT2D eigenvalue weighted by Crippen LogP contribution is 2.37. The number of anilines is 3. The Bertz CT molecular complexity index is 1420. The molecule has 2 amide bonds. The van der Waals surface area contributed by atoms with Gasteiger partial charge in [-0.25, -0.2) is 19.0 Å². The Hall–Kier alpha value is -4.13. The monoisotopic (exact) mass is 524 g/mol. The van der Waals surface area contributed by atoms with Crippen LogP contribution in [0.5, 0.6) is 5.75 Å². The summed E-state index contributed by atoms with van der Waals surface area (Å²) in [6, 6.07) is 6.79. The lowest BCUT2D eigenvalue weighted by Crippen LogP contribution is -2.22. The number of nitrogens with zero attached hydrogens (tertiary/aromatic N) is 4. The van der Waals surface area contributed by atoms with E-state index >= 15 is 0 Å². The molecule has 1 aliphatic rings.